The Morgan fingerprint density at radius 3 is 2.30 bits per heavy atom. The normalized spacial score (nSPS) is 12.7. The molecule has 0 fully saturated rings. The van der Waals surface area contributed by atoms with E-state index in [9.17, 15) is 17.2 Å². The summed E-state index contributed by atoms with van der Waals surface area (Å²) in [5.74, 6) is -3.57. The van der Waals surface area contributed by atoms with Crippen molar-refractivity contribution in [2.75, 3.05) is 6.61 Å². The van der Waals surface area contributed by atoms with Gasteiger partial charge in [-0.05, 0) is 25.0 Å². The van der Waals surface area contributed by atoms with Crippen LogP contribution in [0.3, 0.4) is 0 Å². The fourth-order valence-corrected chi connectivity index (χ4v) is 2.44. The molecule has 0 heterocycles. The zero-order valence-corrected chi connectivity index (χ0v) is 12.3. The van der Waals surface area contributed by atoms with E-state index >= 15 is 0 Å². The van der Waals surface area contributed by atoms with Crippen molar-refractivity contribution < 1.29 is 21.9 Å². The van der Waals surface area contributed by atoms with Gasteiger partial charge in [-0.25, -0.2) is 8.42 Å². The highest BCUT2D eigenvalue weighted by Crippen LogP contribution is 2.28. The summed E-state index contributed by atoms with van der Waals surface area (Å²) in [6, 6.07) is 5.35. The van der Waals surface area contributed by atoms with E-state index in [1.807, 2.05) is 13.8 Å². The molecule has 0 saturated carbocycles. The number of halogens is 2. The van der Waals surface area contributed by atoms with Gasteiger partial charge in [0.2, 0.25) is 9.84 Å². The molecule has 0 spiro atoms. The zero-order valence-electron chi connectivity index (χ0n) is 11.5. The Morgan fingerprint density at radius 1 is 1.25 bits per heavy atom. The third-order valence-electron chi connectivity index (χ3n) is 3.31. The topological polar surface area (TPSA) is 69.4 Å². The number of sulfone groups is 1. The summed E-state index contributed by atoms with van der Waals surface area (Å²) in [6.07, 6.45) is 1.26. The van der Waals surface area contributed by atoms with Gasteiger partial charge < -0.3 is 10.5 Å². The van der Waals surface area contributed by atoms with E-state index in [1.54, 1.807) is 0 Å². The summed E-state index contributed by atoms with van der Waals surface area (Å²) in [6.45, 7) is 3.83. The molecule has 20 heavy (non-hydrogen) atoms. The van der Waals surface area contributed by atoms with Crippen LogP contribution in [0.4, 0.5) is 8.78 Å². The largest absolute Gasteiger partial charge is 0.490 e. The van der Waals surface area contributed by atoms with Crippen LogP contribution in [0.2, 0.25) is 0 Å². The summed E-state index contributed by atoms with van der Waals surface area (Å²) < 4.78 is 53.7. The molecule has 0 aliphatic heterocycles. The van der Waals surface area contributed by atoms with E-state index in [-0.39, 0.29) is 12.4 Å². The minimum absolute atomic E-state index is 0.0652. The number of nitrogens with two attached hydrogens (primary N) is 1. The highest BCUT2D eigenvalue weighted by atomic mass is 32.2. The van der Waals surface area contributed by atoms with E-state index in [0.717, 1.165) is 6.07 Å². The molecule has 114 valence electrons. The second-order valence-corrected chi connectivity index (χ2v) is 6.50. The van der Waals surface area contributed by atoms with Gasteiger partial charge in [-0.3, -0.25) is 0 Å². The molecule has 0 amide bonds. The monoisotopic (exact) mass is 307 g/mol. The second-order valence-electron chi connectivity index (χ2n) is 4.61. The van der Waals surface area contributed by atoms with Gasteiger partial charge in [0.25, 0.3) is 0 Å². The molecule has 1 aromatic carbocycles. The van der Waals surface area contributed by atoms with Gasteiger partial charge in [0.05, 0.1) is 0 Å². The number of benzene rings is 1. The first-order valence-electron chi connectivity index (χ1n) is 6.29. The van der Waals surface area contributed by atoms with Gasteiger partial charge in [0, 0.05) is 5.54 Å². The van der Waals surface area contributed by atoms with Crippen LogP contribution in [0.25, 0.3) is 0 Å². The zero-order chi connectivity index (χ0) is 15.4. The first kappa shape index (κ1) is 16.8. The van der Waals surface area contributed by atoms with Gasteiger partial charge in [0.1, 0.15) is 17.3 Å². The summed E-state index contributed by atoms with van der Waals surface area (Å²) in [7, 11) is -4.69. The molecular weight excluding hydrogens is 288 g/mol. The SMILES string of the molecule is CCC(N)(CC)COc1ccccc1S(=O)(=O)C(F)F. The smallest absolute Gasteiger partial charge is 0.341 e. The Morgan fingerprint density at radius 2 is 1.80 bits per heavy atom. The van der Waals surface area contributed by atoms with Crippen LogP contribution in [0.5, 0.6) is 5.75 Å². The number of alkyl halides is 2. The lowest BCUT2D eigenvalue weighted by Gasteiger charge is -2.27. The van der Waals surface area contributed by atoms with E-state index in [4.69, 9.17) is 10.5 Å². The minimum Gasteiger partial charge on any atom is -0.490 e. The van der Waals surface area contributed by atoms with E-state index in [1.165, 1.54) is 18.2 Å². The highest BCUT2D eigenvalue weighted by molar-refractivity contribution is 7.91. The molecule has 4 nitrogen and oxygen atoms in total. The third-order valence-corrected chi connectivity index (χ3v) is 4.73. The van der Waals surface area contributed by atoms with Crippen LogP contribution in [0, 0.1) is 0 Å². The van der Waals surface area contributed by atoms with Crippen molar-refractivity contribution in [3.05, 3.63) is 24.3 Å². The Balaban J connectivity index is 3.04. The summed E-state index contributed by atoms with van der Waals surface area (Å²) in [5, 5.41) is 0. The van der Waals surface area contributed by atoms with Crippen LogP contribution in [0.15, 0.2) is 29.2 Å². The summed E-state index contributed by atoms with van der Waals surface area (Å²) in [5.41, 5.74) is 5.43. The lowest BCUT2D eigenvalue weighted by atomic mass is 9.96. The number of hydrogen-bond donors (Lipinski definition) is 1. The van der Waals surface area contributed by atoms with E-state index in [2.05, 4.69) is 0 Å². The highest BCUT2D eigenvalue weighted by Gasteiger charge is 2.30. The molecule has 2 N–H and O–H groups in total. The minimum atomic E-state index is -4.69. The fraction of sp³-hybridized carbons (Fsp3) is 0.538. The lowest BCUT2D eigenvalue weighted by molar-refractivity contribution is 0.201. The van der Waals surface area contributed by atoms with Crippen molar-refractivity contribution in [3.63, 3.8) is 0 Å². The van der Waals surface area contributed by atoms with Crippen molar-refractivity contribution in [1.29, 1.82) is 0 Å². The lowest BCUT2D eigenvalue weighted by Crippen LogP contribution is -2.44. The predicted molar refractivity (Wildman–Crippen MR) is 72.6 cm³/mol. The molecule has 0 bridgehead atoms. The molecule has 7 heteroatoms. The molecule has 0 aliphatic rings. The van der Waals surface area contributed by atoms with Gasteiger partial charge in [0.15, 0.2) is 0 Å². The van der Waals surface area contributed by atoms with Crippen molar-refractivity contribution in [2.45, 2.75) is 42.9 Å². The van der Waals surface area contributed by atoms with Crippen LogP contribution >= 0.6 is 0 Å². The maximum absolute atomic E-state index is 12.6. The quantitative estimate of drug-likeness (QED) is 0.840. The average molecular weight is 307 g/mol. The summed E-state index contributed by atoms with van der Waals surface area (Å²) in [4.78, 5) is -0.510. The number of ether oxygens (including phenoxy) is 1. The van der Waals surface area contributed by atoms with Crippen LogP contribution in [-0.4, -0.2) is 26.3 Å². The Bertz CT molecular complexity index is 542. The molecular formula is C13H19F2NO3S. The predicted octanol–water partition coefficient (Wildman–Crippen LogP) is 2.58. The Hall–Kier alpha value is -1.21. The first-order chi connectivity index (χ1) is 9.27. The number of hydrogen-bond acceptors (Lipinski definition) is 4. The maximum Gasteiger partial charge on any atom is 0.341 e. The van der Waals surface area contributed by atoms with Crippen LogP contribution < -0.4 is 10.5 Å². The molecule has 1 aromatic rings. The van der Waals surface area contributed by atoms with Gasteiger partial charge >= 0.3 is 5.76 Å². The van der Waals surface area contributed by atoms with Crippen LogP contribution in [-0.2, 0) is 9.84 Å². The average Bonchev–Trinajstić information content (AvgIpc) is 2.44. The maximum atomic E-state index is 12.6. The molecule has 0 radical (unpaired) electrons. The Labute approximate surface area is 117 Å². The van der Waals surface area contributed by atoms with E-state index < -0.39 is 26.0 Å². The molecule has 0 atom stereocenters. The van der Waals surface area contributed by atoms with Gasteiger partial charge in [-0.2, -0.15) is 8.78 Å². The van der Waals surface area contributed by atoms with E-state index in [0.29, 0.717) is 12.8 Å². The van der Waals surface area contributed by atoms with Gasteiger partial charge in [-0.15, -0.1) is 0 Å². The summed E-state index contributed by atoms with van der Waals surface area (Å²) >= 11 is 0. The molecule has 0 aromatic heterocycles. The first-order valence-corrected chi connectivity index (χ1v) is 7.84. The molecule has 0 aliphatic carbocycles. The molecule has 0 saturated heterocycles. The third kappa shape index (κ3) is 3.67. The van der Waals surface area contributed by atoms with Crippen molar-refractivity contribution in [1.82, 2.24) is 0 Å². The Kier molecular flexibility index (Phi) is 5.47. The molecule has 0 unspecified atom stereocenters. The number of rotatable bonds is 7. The molecule has 1 rings (SSSR count). The van der Waals surface area contributed by atoms with Crippen molar-refractivity contribution in [2.24, 2.45) is 5.73 Å². The standard InChI is InChI=1S/C13H19F2NO3S/c1-3-13(16,4-2)9-19-10-7-5-6-8-11(10)20(17,18)12(14)15/h5-8,12H,3-4,9,16H2,1-2H3. The van der Waals surface area contributed by atoms with Crippen molar-refractivity contribution >= 4 is 9.84 Å². The second kappa shape index (κ2) is 6.49. The fourth-order valence-electron chi connectivity index (χ4n) is 1.58. The van der Waals surface area contributed by atoms with Gasteiger partial charge in [-0.1, -0.05) is 26.0 Å². The van der Waals surface area contributed by atoms with Crippen molar-refractivity contribution in [3.8, 4) is 5.75 Å². The van der Waals surface area contributed by atoms with Crippen LogP contribution in [0.1, 0.15) is 26.7 Å². The number of para-hydroxylation sites is 1.